The molecule has 2 nitrogen and oxygen atoms in total. The fourth-order valence-electron chi connectivity index (χ4n) is 2.68. The normalized spacial score (nSPS) is 25.0. The molecule has 0 atom stereocenters. The zero-order chi connectivity index (χ0) is 11.7. The Morgan fingerprint density at radius 2 is 1.71 bits per heavy atom. The number of hydrogen-bond donors (Lipinski definition) is 1. The van der Waals surface area contributed by atoms with Crippen LogP contribution in [0.25, 0.3) is 10.9 Å². The van der Waals surface area contributed by atoms with Gasteiger partial charge in [-0.05, 0) is 37.8 Å². The molecule has 0 bridgehead atoms. The molecule has 88 valence electrons. The molecule has 0 unspecified atom stereocenters. The van der Waals surface area contributed by atoms with Gasteiger partial charge < -0.3 is 5.11 Å². The number of pyridine rings is 1. The minimum absolute atomic E-state index is 0.0910. The van der Waals surface area contributed by atoms with Crippen LogP contribution in [-0.2, 0) is 0 Å². The minimum atomic E-state index is -0.0910. The number of aliphatic hydroxyl groups excluding tert-OH is 1. The van der Waals surface area contributed by atoms with Gasteiger partial charge in [0.05, 0.1) is 11.6 Å². The highest BCUT2D eigenvalue weighted by molar-refractivity contribution is 5.78. The summed E-state index contributed by atoms with van der Waals surface area (Å²) < 4.78 is 0. The van der Waals surface area contributed by atoms with Crippen LogP contribution >= 0.6 is 0 Å². The van der Waals surface area contributed by atoms with Crippen molar-refractivity contribution in [2.45, 2.75) is 37.7 Å². The molecular weight excluding hydrogens is 210 g/mol. The van der Waals surface area contributed by atoms with Gasteiger partial charge in [-0.3, -0.25) is 4.98 Å². The molecule has 0 aliphatic heterocycles. The molecule has 1 aromatic heterocycles. The first-order valence-electron chi connectivity index (χ1n) is 6.37. The molecule has 1 aromatic carbocycles. The molecule has 1 fully saturated rings. The first-order valence-corrected chi connectivity index (χ1v) is 6.37. The van der Waals surface area contributed by atoms with Crippen LogP contribution < -0.4 is 0 Å². The Morgan fingerprint density at radius 3 is 2.53 bits per heavy atom. The average Bonchev–Trinajstić information content (AvgIpc) is 2.39. The van der Waals surface area contributed by atoms with E-state index >= 15 is 0 Å². The van der Waals surface area contributed by atoms with Crippen molar-refractivity contribution in [3.8, 4) is 0 Å². The number of fused-ring (bicyclic) bond motifs is 1. The molecule has 1 heterocycles. The summed E-state index contributed by atoms with van der Waals surface area (Å²) in [6.07, 6.45) is 3.86. The van der Waals surface area contributed by atoms with Crippen LogP contribution in [0.1, 0.15) is 37.3 Å². The summed E-state index contributed by atoms with van der Waals surface area (Å²) in [6, 6.07) is 12.5. The average molecular weight is 227 g/mol. The zero-order valence-corrected chi connectivity index (χ0v) is 9.84. The van der Waals surface area contributed by atoms with Crippen LogP contribution in [0, 0.1) is 0 Å². The lowest BCUT2D eigenvalue weighted by molar-refractivity contribution is 0.122. The molecule has 2 heteroatoms. The number of nitrogens with zero attached hydrogens (tertiary/aromatic N) is 1. The predicted molar refractivity (Wildman–Crippen MR) is 69.0 cm³/mol. The van der Waals surface area contributed by atoms with E-state index in [-0.39, 0.29) is 6.10 Å². The molecular formula is C15H17NO. The smallest absolute Gasteiger partial charge is 0.0705 e. The monoisotopic (exact) mass is 227 g/mol. The van der Waals surface area contributed by atoms with Gasteiger partial charge in [-0.1, -0.05) is 24.3 Å². The van der Waals surface area contributed by atoms with Gasteiger partial charge in [-0.15, -0.1) is 0 Å². The third kappa shape index (κ3) is 2.18. The van der Waals surface area contributed by atoms with Crippen molar-refractivity contribution in [3.05, 3.63) is 42.1 Å². The third-order valence-electron chi connectivity index (χ3n) is 3.73. The molecule has 1 aliphatic carbocycles. The summed E-state index contributed by atoms with van der Waals surface area (Å²) in [6.45, 7) is 0. The highest BCUT2D eigenvalue weighted by Gasteiger charge is 2.21. The summed E-state index contributed by atoms with van der Waals surface area (Å²) in [5.74, 6) is 0.531. The molecule has 1 saturated carbocycles. The lowest BCUT2D eigenvalue weighted by Crippen LogP contribution is -2.17. The van der Waals surface area contributed by atoms with Gasteiger partial charge in [0.2, 0.25) is 0 Å². The van der Waals surface area contributed by atoms with E-state index in [0.29, 0.717) is 5.92 Å². The molecule has 3 rings (SSSR count). The van der Waals surface area contributed by atoms with Gasteiger partial charge in [-0.2, -0.15) is 0 Å². The van der Waals surface area contributed by atoms with E-state index < -0.39 is 0 Å². The maximum Gasteiger partial charge on any atom is 0.0705 e. The fraction of sp³-hybridized carbons (Fsp3) is 0.400. The number of hydrogen-bond acceptors (Lipinski definition) is 2. The highest BCUT2D eigenvalue weighted by Crippen LogP contribution is 2.32. The van der Waals surface area contributed by atoms with Crippen molar-refractivity contribution < 1.29 is 5.11 Å². The van der Waals surface area contributed by atoms with Crippen molar-refractivity contribution in [2.24, 2.45) is 0 Å². The molecule has 1 aliphatic rings. The largest absolute Gasteiger partial charge is 0.393 e. The predicted octanol–water partition coefficient (Wildman–Crippen LogP) is 3.25. The Morgan fingerprint density at radius 1 is 0.941 bits per heavy atom. The van der Waals surface area contributed by atoms with Crippen LogP contribution in [0.4, 0.5) is 0 Å². The Hall–Kier alpha value is -1.41. The summed E-state index contributed by atoms with van der Waals surface area (Å²) in [5, 5.41) is 10.7. The zero-order valence-electron chi connectivity index (χ0n) is 9.84. The van der Waals surface area contributed by atoms with E-state index in [4.69, 9.17) is 4.98 Å². The lowest BCUT2D eigenvalue weighted by atomic mass is 9.85. The van der Waals surface area contributed by atoms with E-state index in [0.717, 1.165) is 31.2 Å². The first kappa shape index (κ1) is 10.7. The number of rotatable bonds is 1. The lowest BCUT2D eigenvalue weighted by Gasteiger charge is -2.25. The number of aliphatic hydroxyl groups is 1. The van der Waals surface area contributed by atoms with Gasteiger partial charge in [0.25, 0.3) is 0 Å². The molecule has 0 amide bonds. The summed E-state index contributed by atoms with van der Waals surface area (Å²) >= 11 is 0. The maximum atomic E-state index is 9.53. The van der Waals surface area contributed by atoms with Crippen molar-refractivity contribution in [3.63, 3.8) is 0 Å². The van der Waals surface area contributed by atoms with Crippen molar-refractivity contribution in [2.75, 3.05) is 0 Å². The molecule has 0 saturated heterocycles. The number of benzene rings is 1. The fourth-order valence-corrected chi connectivity index (χ4v) is 2.68. The number of aromatic nitrogens is 1. The van der Waals surface area contributed by atoms with Crippen LogP contribution in [-0.4, -0.2) is 16.2 Å². The third-order valence-corrected chi connectivity index (χ3v) is 3.73. The second-order valence-electron chi connectivity index (χ2n) is 4.93. The van der Waals surface area contributed by atoms with Gasteiger partial charge in [-0.25, -0.2) is 0 Å². The van der Waals surface area contributed by atoms with E-state index in [2.05, 4.69) is 24.3 Å². The molecule has 2 aromatic rings. The van der Waals surface area contributed by atoms with Gasteiger partial charge in [0.1, 0.15) is 0 Å². The molecule has 17 heavy (non-hydrogen) atoms. The second kappa shape index (κ2) is 4.46. The summed E-state index contributed by atoms with van der Waals surface area (Å²) in [4.78, 5) is 4.74. The SMILES string of the molecule is OC1CCC(c2ccc3ccccc3n2)CC1. The topological polar surface area (TPSA) is 33.1 Å². The van der Waals surface area contributed by atoms with Crippen LogP contribution in [0.2, 0.25) is 0 Å². The summed E-state index contributed by atoms with van der Waals surface area (Å²) in [5.41, 5.74) is 2.27. The van der Waals surface area contributed by atoms with Crippen LogP contribution in [0.15, 0.2) is 36.4 Å². The quantitative estimate of drug-likeness (QED) is 0.811. The van der Waals surface area contributed by atoms with Crippen LogP contribution in [0.3, 0.4) is 0 Å². The Bertz CT molecular complexity index is 515. The van der Waals surface area contributed by atoms with E-state index in [1.54, 1.807) is 0 Å². The van der Waals surface area contributed by atoms with E-state index in [1.165, 1.54) is 11.1 Å². The van der Waals surface area contributed by atoms with Gasteiger partial charge in [0.15, 0.2) is 0 Å². The second-order valence-corrected chi connectivity index (χ2v) is 4.93. The van der Waals surface area contributed by atoms with E-state index in [1.807, 2.05) is 12.1 Å². The van der Waals surface area contributed by atoms with Crippen LogP contribution in [0.5, 0.6) is 0 Å². The molecule has 0 spiro atoms. The summed E-state index contributed by atoms with van der Waals surface area (Å²) in [7, 11) is 0. The van der Waals surface area contributed by atoms with Crippen molar-refractivity contribution >= 4 is 10.9 Å². The van der Waals surface area contributed by atoms with Crippen molar-refractivity contribution in [1.82, 2.24) is 4.98 Å². The highest BCUT2D eigenvalue weighted by atomic mass is 16.3. The van der Waals surface area contributed by atoms with Crippen molar-refractivity contribution in [1.29, 1.82) is 0 Å². The Kier molecular flexibility index (Phi) is 2.81. The Labute approximate surface area is 101 Å². The van der Waals surface area contributed by atoms with E-state index in [9.17, 15) is 5.11 Å². The standard InChI is InChI=1S/C15H17NO/c17-13-8-5-12(6-9-13)15-10-7-11-3-1-2-4-14(11)16-15/h1-4,7,10,12-13,17H,5-6,8-9H2. The Balaban J connectivity index is 1.90. The molecule has 1 N–H and O–H groups in total. The maximum absolute atomic E-state index is 9.53. The van der Waals surface area contributed by atoms with Gasteiger partial charge in [0, 0.05) is 17.0 Å². The molecule has 0 radical (unpaired) electrons. The minimum Gasteiger partial charge on any atom is -0.393 e. The first-order chi connectivity index (χ1) is 8.33. The van der Waals surface area contributed by atoms with Gasteiger partial charge >= 0.3 is 0 Å². The number of para-hydroxylation sites is 1.